The van der Waals surface area contributed by atoms with Crippen molar-refractivity contribution in [2.24, 2.45) is 11.3 Å². The Morgan fingerprint density at radius 3 is 2.47 bits per heavy atom. The van der Waals surface area contributed by atoms with Crippen molar-refractivity contribution in [3.63, 3.8) is 0 Å². The lowest BCUT2D eigenvalue weighted by atomic mass is 9.74. The molecule has 36 heavy (non-hydrogen) atoms. The topological polar surface area (TPSA) is 41.6 Å². The molecule has 7 heteroatoms. The summed E-state index contributed by atoms with van der Waals surface area (Å²) in [4.78, 5) is 15.7. The predicted octanol–water partition coefficient (Wildman–Crippen LogP) is 6.36. The van der Waals surface area contributed by atoms with E-state index in [4.69, 9.17) is 4.74 Å². The maximum Gasteiger partial charge on any atom is 0.416 e. The number of carbonyl (C=O) groups excluding carboxylic acids is 1. The largest absolute Gasteiger partial charge is 0.491 e. The van der Waals surface area contributed by atoms with E-state index in [1.54, 1.807) is 11.0 Å². The van der Waals surface area contributed by atoms with Crippen LogP contribution < -0.4 is 10.1 Å². The molecule has 0 saturated heterocycles. The van der Waals surface area contributed by atoms with Gasteiger partial charge in [0.05, 0.1) is 17.1 Å². The predicted molar refractivity (Wildman–Crippen MR) is 135 cm³/mol. The van der Waals surface area contributed by atoms with Crippen LogP contribution in [0.3, 0.4) is 0 Å². The summed E-state index contributed by atoms with van der Waals surface area (Å²) in [5, 5.41) is 3.63. The summed E-state index contributed by atoms with van der Waals surface area (Å²) in [6, 6.07) is 12.2. The molecule has 1 aliphatic carbocycles. The standard InChI is InChI=1S/C29H37F3N2O2/c1-19(2)28(13-11-25(16-28)33-17-21-5-9-26(10-6-21)36-20(3)4)27(35)34-14-12-22-7-8-24(29(30,31)32)15-23(22)18-34/h5-10,15,19-20,25,33H,11-14,16-18H2,1-4H3/t25-,28+/m1/s1. The zero-order chi connectivity index (χ0) is 26.1. The molecule has 1 fully saturated rings. The van der Waals surface area contributed by atoms with Crippen molar-refractivity contribution in [2.45, 2.75) is 84.8 Å². The molecule has 2 aliphatic rings. The fourth-order valence-electron chi connectivity index (χ4n) is 5.66. The van der Waals surface area contributed by atoms with Crippen LogP contribution in [0.15, 0.2) is 42.5 Å². The van der Waals surface area contributed by atoms with Crippen molar-refractivity contribution in [2.75, 3.05) is 6.54 Å². The summed E-state index contributed by atoms with van der Waals surface area (Å²) >= 11 is 0. The molecule has 1 N–H and O–H groups in total. The van der Waals surface area contributed by atoms with Gasteiger partial charge in [-0.05, 0) is 86.4 Å². The summed E-state index contributed by atoms with van der Waals surface area (Å²) in [7, 11) is 0. The fraction of sp³-hybridized carbons (Fsp3) is 0.552. The third-order valence-electron chi connectivity index (χ3n) is 7.80. The van der Waals surface area contributed by atoms with E-state index in [0.29, 0.717) is 25.1 Å². The van der Waals surface area contributed by atoms with Crippen molar-refractivity contribution >= 4 is 5.91 Å². The molecule has 0 unspecified atom stereocenters. The first-order chi connectivity index (χ1) is 17.0. The van der Waals surface area contributed by atoms with Crippen LogP contribution in [-0.4, -0.2) is 29.5 Å². The first-order valence-electron chi connectivity index (χ1n) is 13.0. The lowest BCUT2D eigenvalue weighted by Crippen LogP contribution is -2.48. The summed E-state index contributed by atoms with van der Waals surface area (Å²) < 4.78 is 45.4. The average molecular weight is 503 g/mol. The molecular weight excluding hydrogens is 465 g/mol. The van der Waals surface area contributed by atoms with Gasteiger partial charge in [-0.2, -0.15) is 13.2 Å². The lowest BCUT2D eigenvalue weighted by Gasteiger charge is -2.40. The highest BCUT2D eigenvalue weighted by Gasteiger charge is 2.49. The quantitative estimate of drug-likeness (QED) is 0.479. The van der Waals surface area contributed by atoms with Gasteiger partial charge < -0.3 is 15.0 Å². The number of alkyl halides is 3. The molecule has 0 aromatic heterocycles. The molecule has 1 amide bonds. The van der Waals surface area contributed by atoms with Crippen LogP contribution in [0.1, 0.15) is 69.2 Å². The lowest BCUT2D eigenvalue weighted by molar-refractivity contribution is -0.145. The molecule has 4 nitrogen and oxygen atoms in total. The molecular formula is C29H37F3N2O2. The molecule has 2 aromatic carbocycles. The molecule has 1 saturated carbocycles. The molecule has 2 atom stereocenters. The molecule has 196 valence electrons. The normalized spacial score (nSPS) is 22.2. The molecule has 0 spiro atoms. The van der Waals surface area contributed by atoms with Crippen molar-refractivity contribution < 1.29 is 22.7 Å². The number of ether oxygens (including phenoxy) is 1. The maximum atomic E-state index is 13.9. The minimum Gasteiger partial charge on any atom is -0.491 e. The van der Waals surface area contributed by atoms with Gasteiger partial charge in [-0.1, -0.05) is 32.0 Å². The van der Waals surface area contributed by atoms with Crippen LogP contribution in [0.25, 0.3) is 0 Å². The van der Waals surface area contributed by atoms with E-state index in [2.05, 4.69) is 31.3 Å². The Kier molecular flexibility index (Phi) is 7.69. The number of carbonyl (C=O) groups is 1. The van der Waals surface area contributed by atoms with E-state index in [9.17, 15) is 18.0 Å². The van der Waals surface area contributed by atoms with Crippen LogP contribution in [0, 0.1) is 11.3 Å². The van der Waals surface area contributed by atoms with E-state index in [0.717, 1.165) is 42.2 Å². The van der Waals surface area contributed by atoms with Crippen molar-refractivity contribution in [3.8, 4) is 5.75 Å². The first kappa shape index (κ1) is 26.5. The highest BCUT2D eigenvalue weighted by Crippen LogP contribution is 2.46. The van der Waals surface area contributed by atoms with Crippen LogP contribution in [0.4, 0.5) is 13.2 Å². The average Bonchev–Trinajstić information content (AvgIpc) is 3.27. The highest BCUT2D eigenvalue weighted by atomic mass is 19.4. The van der Waals surface area contributed by atoms with Gasteiger partial charge in [-0.25, -0.2) is 0 Å². The number of amides is 1. The smallest absolute Gasteiger partial charge is 0.416 e. The second-order valence-electron chi connectivity index (χ2n) is 10.9. The Hall–Kier alpha value is -2.54. The summed E-state index contributed by atoms with van der Waals surface area (Å²) in [6.45, 7) is 9.69. The van der Waals surface area contributed by atoms with Gasteiger partial charge in [0.1, 0.15) is 5.75 Å². The number of nitrogens with one attached hydrogen (secondary N) is 1. The number of halogens is 3. The molecule has 4 rings (SSSR count). The Labute approximate surface area is 212 Å². The van der Waals surface area contributed by atoms with E-state index >= 15 is 0 Å². The number of hydrogen-bond acceptors (Lipinski definition) is 3. The third kappa shape index (κ3) is 5.72. The van der Waals surface area contributed by atoms with Gasteiger partial charge in [0, 0.05) is 25.7 Å². The van der Waals surface area contributed by atoms with Crippen molar-refractivity contribution in [1.29, 1.82) is 0 Å². The second kappa shape index (κ2) is 10.4. The minimum absolute atomic E-state index is 0.0834. The Bertz CT molecular complexity index is 1070. The van der Waals surface area contributed by atoms with E-state index in [1.165, 1.54) is 6.07 Å². The number of nitrogens with zero attached hydrogens (tertiary/aromatic N) is 1. The van der Waals surface area contributed by atoms with Crippen molar-refractivity contribution in [1.82, 2.24) is 10.2 Å². The minimum atomic E-state index is -4.38. The van der Waals surface area contributed by atoms with Crippen molar-refractivity contribution in [3.05, 3.63) is 64.7 Å². The van der Waals surface area contributed by atoms with E-state index < -0.39 is 17.2 Å². The van der Waals surface area contributed by atoms with Gasteiger partial charge in [-0.15, -0.1) is 0 Å². The number of fused-ring (bicyclic) bond motifs is 1. The molecule has 0 bridgehead atoms. The monoisotopic (exact) mass is 502 g/mol. The molecule has 1 aliphatic heterocycles. The van der Waals surface area contributed by atoms with E-state index in [1.807, 2.05) is 26.0 Å². The Morgan fingerprint density at radius 1 is 1.11 bits per heavy atom. The van der Waals surface area contributed by atoms with Gasteiger partial charge in [-0.3, -0.25) is 4.79 Å². The number of hydrogen-bond donors (Lipinski definition) is 1. The SMILES string of the molecule is CC(C)Oc1ccc(CN[C@@H]2CC[C@@](C(=O)N3CCc4ccc(C(F)(F)F)cc4C3)(C(C)C)C2)cc1. The molecule has 0 radical (unpaired) electrons. The fourth-order valence-corrected chi connectivity index (χ4v) is 5.66. The van der Waals surface area contributed by atoms with Crippen LogP contribution in [-0.2, 0) is 30.5 Å². The second-order valence-corrected chi connectivity index (χ2v) is 10.9. The van der Waals surface area contributed by atoms with Crippen LogP contribution in [0.2, 0.25) is 0 Å². The number of benzene rings is 2. The third-order valence-corrected chi connectivity index (χ3v) is 7.80. The van der Waals surface area contributed by atoms with Gasteiger partial charge >= 0.3 is 6.18 Å². The highest BCUT2D eigenvalue weighted by molar-refractivity contribution is 5.84. The van der Waals surface area contributed by atoms with Crippen LogP contribution in [0.5, 0.6) is 5.75 Å². The Morgan fingerprint density at radius 2 is 1.83 bits per heavy atom. The molecule has 1 heterocycles. The Balaban J connectivity index is 1.41. The van der Waals surface area contributed by atoms with Gasteiger partial charge in [0.25, 0.3) is 0 Å². The van der Waals surface area contributed by atoms with Gasteiger partial charge in [0.15, 0.2) is 0 Å². The van der Waals surface area contributed by atoms with E-state index in [-0.39, 0.29) is 30.5 Å². The first-order valence-corrected chi connectivity index (χ1v) is 13.0. The van der Waals surface area contributed by atoms with Crippen LogP contribution >= 0.6 is 0 Å². The summed E-state index contributed by atoms with van der Waals surface area (Å²) in [5.74, 6) is 1.08. The zero-order valence-electron chi connectivity index (χ0n) is 21.6. The van der Waals surface area contributed by atoms with Gasteiger partial charge in [0.2, 0.25) is 5.91 Å². The zero-order valence-corrected chi connectivity index (χ0v) is 21.6. The summed E-state index contributed by atoms with van der Waals surface area (Å²) in [5.41, 5.74) is 1.53. The number of rotatable bonds is 7. The maximum absolute atomic E-state index is 13.9. The molecule has 2 aromatic rings. The summed E-state index contributed by atoms with van der Waals surface area (Å²) in [6.07, 6.45) is -1.23.